The summed E-state index contributed by atoms with van der Waals surface area (Å²) in [6.07, 6.45) is 14.8. The van der Waals surface area contributed by atoms with Crippen LogP contribution in [0.5, 0.6) is 0 Å². The van der Waals surface area contributed by atoms with E-state index >= 15 is 0 Å². The molecule has 2 atom stereocenters. The summed E-state index contributed by atoms with van der Waals surface area (Å²) in [6, 6.07) is 15.2. The van der Waals surface area contributed by atoms with Gasteiger partial charge in [0.1, 0.15) is 17.7 Å². The van der Waals surface area contributed by atoms with E-state index < -0.39 is 6.04 Å². The Morgan fingerprint density at radius 3 is 1.44 bits per heavy atom. The van der Waals surface area contributed by atoms with E-state index in [4.69, 9.17) is 14.3 Å². The highest BCUT2D eigenvalue weighted by Crippen LogP contribution is 2.27. The lowest BCUT2D eigenvalue weighted by Gasteiger charge is -2.36. The van der Waals surface area contributed by atoms with Crippen LogP contribution in [0.1, 0.15) is 96.9 Å². The van der Waals surface area contributed by atoms with Crippen LogP contribution < -0.4 is 10.6 Å². The summed E-state index contributed by atoms with van der Waals surface area (Å²) in [6.45, 7) is 19.0. The van der Waals surface area contributed by atoms with Gasteiger partial charge in [0, 0.05) is 57.6 Å². The minimum Gasteiger partial charge on any atom is -0.471 e. The van der Waals surface area contributed by atoms with Gasteiger partial charge < -0.3 is 44.6 Å². The Kier molecular flexibility index (Phi) is 21.0. The van der Waals surface area contributed by atoms with Gasteiger partial charge >= 0.3 is 0 Å². The highest BCUT2D eigenvalue weighted by atomic mass is 16.5. The maximum Gasteiger partial charge on any atom is 0.292 e. The average Bonchev–Trinajstić information content (AvgIpc) is 4.00. The lowest BCUT2D eigenvalue weighted by molar-refractivity contribution is -0.140. The number of carbonyl (C=O) groups excluding carboxylic acids is 4. The number of hydrogen-bond acceptors (Lipinski definition) is 10. The first-order valence-electron chi connectivity index (χ1n) is 23.2. The highest BCUT2D eigenvalue weighted by molar-refractivity contribution is 5.87. The SMILES string of the molecule is C#C.CNC(C(=O)N(Cc1ncc(-c2ccc(C#Cc3ccc(-c4cnc(CN(CC(C)(C)C)C(=O)C(NC(C)=O)C5CCOCC5)[nH]4)cc3)cc2)[nH]1)CC(C)(C)C)C1CCOCC1.COC=O. The minimum atomic E-state index is -0.608. The molecule has 2 fully saturated rings. The minimum absolute atomic E-state index is 0.0199. The summed E-state index contributed by atoms with van der Waals surface area (Å²) in [5.74, 6) is 8.03. The van der Waals surface area contributed by atoms with Crippen molar-refractivity contribution in [2.75, 3.05) is 53.7 Å². The van der Waals surface area contributed by atoms with E-state index in [0.717, 1.165) is 65.1 Å². The van der Waals surface area contributed by atoms with Gasteiger partial charge in [0.05, 0.1) is 50.0 Å². The van der Waals surface area contributed by atoms with Crippen molar-refractivity contribution in [1.29, 1.82) is 0 Å². The topological polar surface area (TPSA) is 184 Å². The molecule has 4 heterocycles. The fraction of sp³-hybridized carbons (Fsp3) is 0.509. The van der Waals surface area contributed by atoms with Crippen LogP contribution in [0.3, 0.4) is 0 Å². The zero-order valence-electron chi connectivity index (χ0n) is 41.4. The number of terminal acetylenes is 1. The summed E-state index contributed by atoms with van der Waals surface area (Å²) in [5.41, 5.74) is 5.19. The maximum absolute atomic E-state index is 14.1. The zero-order chi connectivity index (χ0) is 49.9. The second kappa shape index (κ2) is 26.3. The van der Waals surface area contributed by atoms with Crippen molar-refractivity contribution < 1.29 is 33.4 Å². The molecule has 2 unspecified atom stereocenters. The monoisotopic (exact) mass is 933 g/mol. The normalized spacial score (nSPS) is 15.1. The Morgan fingerprint density at radius 1 is 0.735 bits per heavy atom. The number of nitrogens with zero attached hydrogens (tertiary/aromatic N) is 4. The largest absolute Gasteiger partial charge is 0.471 e. The molecule has 3 amide bonds. The summed E-state index contributed by atoms with van der Waals surface area (Å²) in [7, 11) is 3.19. The van der Waals surface area contributed by atoms with Crippen molar-refractivity contribution >= 4 is 24.2 Å². The summed E-state index contributed by atoms with van der Waals surface area (Å²) in [5, 5.41) is 6.25. The van der Waals surface area contributed by atoms with E-state index in [2.05, 4.69) is 102 Å². The second-order valence-corrected chi connectivity index (χ2v) is 19.6. The third kappa shape index (κ3) is 17.1. The standard InChI is InChI=1S/C49H66N8O5.C2H4O2.C2H2/c1-33(58)53-45(39-21-25-62-26-22-39)47(60)57(32-49(5,6)7)30-43-52-28-41(55-43)37-17-13-35(14-18-37)10-9-34-11-15-36(16-12-34)40-27-51-42(54-40)29-56(31-48(2,3)4)46(59)44(50-8)38-19-23-61-24-20-38;1-4-2-3;1-2/h11-18,27-28,38-39,44-45,50H,19-26,29-32H2,1-8H3,(H,51,54)(H,52,55)(H,53,58);2H,1H3;1-2H. The molecule has 2 aliphatic rings. The molecule has 2 aromatic heterocycles. The Balaban J connectivity index is 0.00000159. The number of ether oxygens (including phenoxy) is 3. The number of imidazole rings is 2. The molecule has 15 nitrogen and oxygen atoms in total. The van der Waals surface area contributed by atoms with Crippen LogP contribution in [0.2, 0.25) is 0 Å². The Labute approximate surface area is 403 Å². The molecule has 366 valence electrons. The molecule has 2 saturated heterocycles. The number of nitrogens with one attached hydrogen (secondary N) is 4. The molecule has 0 aliphatic carbocycles. The van der Waals surface area contributed by atoms with Crippen LogP contribution in [-0.2, 0) is 46.5 Å². The van der Waals surface area contributed by atoms with Crippen LogP contribution in [0.15, 0.2) is 60.9 Å². The number of likely N-dealkylation sites (N-methyl/N-ethyl adjacent to an activating group) is 1. The predicted octanol–water partition coefficient (Wildman–Crippen LogP) is 6.60. The van der Waals surface area contributed by atoms with Gasteiger partial charge in [0.2, 0.25) is 17.7 Å². The van der Waals surface area contributed by atoms with Gasteiger partial charge in [-0.1, -0.05) is 77.6 Å². The number of benzene rings is 2. The van der Waals surface area contributed by atoms with Crippen molar-refractivity contribution in [3.05, 3.63) is 83.7 Å². The molecule has 2 aromatic carbocycles. The first-order chi connectivity index (χ1) is 32.5. The number of aromatic nitrogens is 4. The molecule has 0 radical (unpaired) electrons. The molecule has 15 heteroatoms. The summed E-state index contributed by atoms with van der Waals surface area (Å²) >= 11 is 0. The highest BCUT2D eigenvalue weighted by Gasteiger charge is 2.36. The van der Waals surface area contributed by atoms with Crippen LogP contribution in [0, 0.1) is 47.4 Å². The molecule has 2 aliphatic heterocycles. The molecular formula is C53H72N8O7. The predicted molar refractivity (Wildman–Crippen MR) is 264 cm³/mol. The van der Waals surface area contributed by atoms with Crippen LogP contribution in [0.25, 0.3) is 22.5 Å². The van der Waals surface area contributed by atoms with Crippen molar-refractivity contribution in [1.82, 2.24) is 40.4 Å². The molecular weight excluding hydrogens is 861 g/mol. The van der Waals surface area contributed by atoms with E-state index in [9.17, 15) is 14.4 Å². The number of aromatic amines is 2. The Morgan fingerprint density at radius 2 is 1.10 bits per heavy atom. The van der Waals surface area contributed by atoms with Crippen LogP contribution in [-0.4, -0.2) is 120 Å². The van der Waals surface area contributed by atoms with Crippen molar-refractivity contribution in [2.45, 2.75) is 99.3 Å². The number of H-pyrrole nitrogens is 2. The molecule has 4 aromatic rings. The zero-order valence-corrected chi connectivity index (χ0v) is 41.4. The smallest absolute Gasteiger partial charge is 0.292 e. The molecule has 68 heavy (non-hydrogen) atoms. The first kappa shape index (κ1) is 54.3. The summed E-state index contributed by atoms with van der Waals surface area (Å²) in [4.78, 5) is 69.1. The van der Waals surface area contributed by atoms with Crippen LogP contribution in [0.4, 0.5) is 0 Å². The van der Waals surface area contributed by atoms with E-state index in [1.54, 1.807) is 6.20 Å². The number of amides is 3. The van der Waals surface area contributed by atoms with Gasteiger partial charge in [-0.05, 0) is 90.8 Å². The lowest BCUT2D eigenvalue weighted by Crippen LogP contribution is -2.54. The first-order valence-corrected chi connectivity index (χ1v) is 23.2. The fourth-order valence-electron chi connectivity index (χ4n) is 8.37. The molecule has 4 N–H and O–H groups in total. The van der Waals surface area contributed by atoms with E-state index in [0.29, 0.717) is 64.9 Å². The van der Waals surface area contributed by atoms with Gasteiger partial charge in [-0.25, -0.2) is 9.97 Å². The second-order valence-electron chi connectivity index (χ2n) is 19.6. The third-order valence-corrected chi connectivity index (χ3v) is 11.4. The third-order valence-electron chi connectivity index (χ3n) is 11.4. The quantitative estimate of drug-likeness (QED) is 0.0749. The molecule has 0 saturated carbocycles. The number of rotatable bonds is 15. The van der Waals surface area contributed by atoms with Crippen LogP contribution >= 0.6 is 0 Å². The van der Waals surface area contributed by atoms with Gasteiger partial charge in [-0.15, -0.1) is 12.8 Å². The Bertz CT molecular complexity index is 2280. The number of carbonyl (C=O) groups is 4. The number of methoxy groups -OCH3 is 1. The van der Waals surface area contributed by atoms with E-state index in [-0.39, 0.29) is 46.4 Å². The van der Waals surface area contributed by atoms with Crippen molar-refractivity contribution in [2.24, 2.45) is 22.7 Å². The fourth-order valence-corrected chi connectivity index (χ4v) is 8.37. The molecule has 0 spiro atoms. The average molecular weight is 933 g/mol. The van der Waals surface area contributed by atoms with E-state index in [1.807, 2.05) is 71.6 Å². The van der Waals surface area contributed by atoms with E-state index in [1.165, 1.54) is 14.0 Å². The van der Waals surface area contributed by atoms with Crippen molar-refractivity contribution in [3.8, 4) is 47.2 Å². The van der Waals surface area contributed by atoms with Gasteiger partial charge in [0.15, 0.2) is 0 Å². The maximum atomic E-state index is 14.1. The van der Waals surface area contributed by atoms with Gasteiger partial charge in [0.25, 0.3) is 6.47 Å². The lowest BCUT2D eigenvalue weighted by atomic mass is 9.89. The van der Waals surface area contributed by atoms with Crippen molar-refractivity contribution in [3.63, 3.8) is 0 Å². The Hall–Kier alpha value is -6.26. The van der Waals surface area contributed by atoms with Gasteiger partial charge in [-0.3, -0.25) is 19.2 Å². The molecule has 6 rings (SSSR count). The molecule has 0 bridgehead atoms. The van der Waals surface area contributed by atoms with Gasteiger partial charge in [-0.2, -0.15) is 0 Å². The number of hydrogen-bond donors (Lipinski definition) is 4. The summed E-state index contributed by atoms with van der Waals surface area (Å²) < 4.78 is 15.0.